The second-order valence-corrected chi connectivity index (χ2v) is 6.44. The molecule has 0 atom stereocenters. The van der Waals surface area contributed by atoms with Crippen LogP contribution in [0.3, 0.4) is 0 Å². The van der Waals surface area contributed by atoms with E-state index in [2.05, 4.69) is 20.8 Å². The standard InChI is InChI=1S/C16H14N4O4S/c1-8(21)17-7-10-3-5-13(25-10)15(22)18-9-2-4-12-11(6-9)14(16(23)24)20-19-12/h2-6H,7H2,1H3,(H,17,21)(H,18,22)(H,19,20)(H,23,24). The minimum absolute atomic E-state index is 0.0974. The average Bonchev–Trinajstić information content (AvgIpc) is 3.19. The average molecular weight is 358 g/mol. The van der Waals surface area contributed by atoms with Gasteiger partial charge in [0.1, 0.15) is 0 Å². The molecule has 0 radical (unpaired) electrons. The van der Waals surface area contributed by atoms with E-state index < -0.39 is 5.97 Å². The number of carbonyl (C=O) groups is 3. The van der Waals surface area contributed by atoms with Gasteiger partial charge in [-0.1, -0.05) is 0 Å². The van der Waals surface area contributed by atoms with Gasteiger partial charge in [0.2, 0.25) is 5.91 Å². The number of carboxylic acids is 1. The zero-order valence-corrected chi connectivity index (χ0v) is 13.9. The maximum Gasteiger partial charge on any atom is 0.357 e. The Bertz CT molecular complexity index is 976. The zero-order chi connectivity index (χ0) is 18.0. The number of fused-ring (bicyclic) bond motifs is 1. The van der Waals surface area contributed by atoms with Crippen molar-refractivity contribution in [3.63, 3.8) is 0 Å². The van der Waals surface area contributed by atoms with Crippen LogP contribution in [0.5, 0.6) is 0 Å². The van der Waals surface area contributed by atoms with Crippen molar-refractivity contribution >= 4 is 45.7 Å². The van der Waals surface area contributed by atoms with Crippen LogP contribution in [-0.4, -0.2) is 33.1 Å². The molecule has 1 aromatic carbocycles. The first-order valence-corrected chi connectivity index (χ1v) is 8.11. The molecule has 128 valence electrons. The molecule has 0 saturated carbocycles. The predicted molar refractivity (Wildman–Crippen MR) is 92.8 cm³/mol. The molecular formula is C16H14N4O4S. The molecule has 0 unspecified atom stereocenters. The lowest BCUT2D eigenvalue weighted by atomic mass is 10.2. The number of thiophene rings is 1. The van der Waals surface area contributed by atoms with E-state index in [1.807, 2.05) is 0 Å². The highest BCUT2D eigenvalue weighted by Gasteiger charge is 2.15. The molecule has 2 amide bonds. The molecule has 0 aliphatic heterocycles. The van der Waals surface area contributed by atoms with Crippen molar-refractivity contribution in [2.24, 2.45) is 0 Å². The quantitative estimate of drug-likeness (QED) is 0.557. The fourth-order valence-electron chi connectivity index (χ4n) is 2.25. The van der Waals surface area contributed by atoms with Crippen molar-refractivity contribution in [3.05, 3.63) is 45.8 Å². The number of anilines is 1. The van der Waals surface area contributed by atoms with Crippen LogP contribution in [0.15, 0.2) is 30.3 Å². The summed E-state index contributed by atoms with van der Waals surface area (Å²) in [6, 6.07) is 8.33. The highest BCUT2D eigenvalue weighted by atomic mass is 32.1. The third-order valence-corrected chi connectivity index (χ3v) is 4.50. The third-order valence-electron chi connectivity index (χ3n) is 3.42. The summed E-state index contributed by atoms with van der Waals surface area (Å²) in [4.78, 5) is 35.8. The van der Waals surface area contributed by atoms with Crippen LogP contribution in [0.2, 0.25) is 0 Å². The number of aromatic carboxylic acids is 1. The molecule has 0 fully saturated rings. The molecule has 3 aromatic rings. The lowest BCUT2D eigenvalue weighted by molar-refractivity contribution is -0.119. The number of hydrogen-bond donors (Lipinski definition) is 4. The number of carboxylic acid groups (broad SMARTS) is 1. The van der Waals surface area contributed by atoms with Crippen molar-refractivity contribution < 1.29 is 19.5 Å². The van der Waals surface area contributed by atoms with Gasteiger partial charge in [-0.2, -0.15) is 5.10 Å². The molecule has 3 rings (SSSR count). The predicted octanol–water partition coefficient (Wildman–Crippen LogP) is 2.21. The van der Waals surface area contributed by atoms with Crippen LogP contribution < -0.4 is 10.6 Å². The minimum atomic E-state index is -1.14. The fourth-order valence-corrected chi connectivity index (χ4v) is 3.10. The number of hydrogen-bond acceptors (Lipinski definition) is 5. The van der Waals surface area contributed by atoms with E-state index in [0.717, 1.165) is 4.88 Å². The van der Waals surface area contributed by atoms with Gasteiger partial charge in [0.15, 0.2) is 5.69 Å². The Hall–Kier alpha value is -3.20. The van der Waals surface area contributed by atoms with Gasteiger partial charge in [-0.15, -0.1) is 11.3 Å². The Labute approximate surface area is 145 Å². The largest absolute Gasteiger partial charge is 0.476 e. The van der Waals surface area contributed by atoms with Gasteiger partial charge < -0.3 is 15.7 Å². The lowest BCUT2D eigenvalue weighted by Crippen LogP contribution is -2.18. The second kappa shape index (κ2) is 6.73. The molecule has 25 heavy (non-hydrogen) atoms. The Morgan fingerprint density at radius 2 is 2.04 bits per heavy atom. The molecule has 2 aromatic heterocycles. The summed E-state index contributed by atoms with van der Waals surface area (Å²) >= 11 is 1.28. The van der Waals surface area contributed by atoms with Crippen LogP contribution in [0.25, 0.3) is 10.9 Å². The van der Waals surface area contributed by atoms with Crippen LogP contribution in [0.1, 0.15) is 32.0 Å². The fraction of sp³-hybridized carbons (Fsp3) is 0.125. The van der Waals surface area contributed by atoms with Crippen molar-refractivity contribution in [2.45, 2.75) is 13.5 Å². The summed E-state index contributed by atoms with van der Waals surface area (Å²) in [5, 5.41) is 21.3. The van der Waals surface area contributed by atoms with Gasteiger partial charge in [0.05, 0.1) is 16.9 Å². The Morgan fingerprint density at radius 1 is 1.24 bits per heavy atom. The molecule has 4 N–H and O–H groups in total. The van der Waals surface area contributed by atoms with Crippen LogP contribution in [-0.2, 0) is 11.3 Å². The maximum absolute atomic E-state index is 12.3. The molecule has 9 heteroatoms. The number of nitrogens with zero attached hydrogens (tertiary/aromatic N) is 1. The third kappa shape index (κ3) is 3.66. The van der Waals surface area contributed by atoms with Crippen molar-refractivity contribution in [2.75, 3.05) is 5.32 Å². The summed E-state index contributed by atoms with van der Waals surface area (Å²) in [5.41, 5.74) is 0.946. The second-order valence-electron chi connectivity index (χ2n) is 5.27. The zero-order valence-electron chi connectivity index (χ0n) is 13.1. The molecule has 0 bridgehead atoms. The number of benzene rings is 1. The van der Waals surface area contributed by atoms with Crippen LogP contribution in [0.4, 0.5) is 5.69 Å². The minimum Gasteiger partial charge on any atom is -0.476 e. The number of nitrogens with one attached hydrogen (secondary N) is 3. The first-order chi connectivity index (χ1) is 11.9. The maximum atomic E-state index is 12.3. The highest BCUT2D eigenvalue weighted by Crippen LogP contribution is 2.23. The van der Waals surface area contributed by atoms with Gasteiger partial charge in [-0.3, -0.25) is 14.7 Å². The molecule has 0 saturated heterocycles. The van der Waals surface area contributed by atoms with E-state index in [1.54, 1.807) is 30.3 Å². The van der Waals surface area contributed by atoms with E-state index in [-0.39, 0.29) is 17.5 Å². The van der Waals surface area contributed by atoms with Crippen molar-refractivity contribution in [1.82, 2.24) is 15.5 Å². The summed E-state index contributed by atoms with van der Waals surface area (Å²) in [5.74, 6) is -1.59. The van der Waals surface area contributed by atoms with Crippen LogP contribution >= 0.6 is 11.3 Å². The Kier molecular flexibility index (Phi) is 4.48. The lowest BCUT2D eigenvalue weighted by Gasteiger charge is -2.04. The van der Waals surface area contributed by atoms with Crippen LogP contribution in [0, 0.1) is 0 Å². The van der Waals surface area contributed by atoms with Gasteiger partial charge in [-0.25, -0.2) is 4.79 Å². The smallest absolute Gasteiger partial charge is 0.357 e. The Morgan fingerprint density at radius 3 is 2.76 bits per heavy atom. The molecule has 0 aliphatic rings. The first-order valence-electron chi connectivity index (χ1n) is 7.30. The van der Waals surface area contributed by atoms with Crippen molar-refractivity contribution in [3.8, 4) is 0 Å². The number of aromatic nitrogens is 2. The topological polar surface area (TPSA) is 124 Å². The summed E-state index contributed by atoms with van der Waals surface area (Å²) in [6.07, 6.45) is 0. The van der Waals surface area contributed by atoms with Gasteiger partial charge >= 0.3 is 5.97 Å². The first kappa shape index (κ1) is 16.7. The summed E-state index contributed by atoms with van der Waals surface area (Å²) in [6.45, 7) is 1.80. The van der Waals surface area contributed by atoms with E-state index in [4.69, 9.17) is 5.11 Å². The molecule has 0 aliphatic carbocycles. The summed E-state index contributed by atoms with van der Waals surface area (Å²) in [7, 11) is 0. The Balaban J connectivity index is 1.76. The van der Waals surface area contributed by atoms with E-state index >= 15 is 0 Å². The van der Waals surface area contributed by atoms with E-state index in [0.29, 0.717) is 28.0 Å². The molecule has 8 nitrogen and oxygen atoms in total. The summed E-state index contributed by atoms with van der Waals surface area (Å²) < 4.78 is 0. The van der Waals surface area contributed by atoms with Crippen molar-refractivity contribution in [1.29, 1.82) is 0 Å². The normalized spacial score (nSPS) is 10.6. The van der Waals surface area contributed by atoms with E-state index in [9.17, 15) is 14.4 Å². The van der Waals surface area contributed by atoms with Gasteiger partial charge in [0.25, 0.3) is 5.91 Å². The van der Waals surface area contributed by atoms with Gasteiger partial charge in [-0.05, 0) is 30.3 Å². The monoisotopic (exact) mass is 358 g/mol. The number of rotatable bonds is 5. The molecule has 0 spiro atoms. The number of amides is 2. The molecule has 2 heterocycles. The van der Waals surface area contributed by atoms with E-state index in [1.165, 1.54) is 18.3 Å². The van der Waals surface area contributed by atoms with Gasteiger partial charge in [0, 0.05) is 22.9 Å². The molecular weight excluding hydrogens is 344 g/mol. The number of H-pyrrole nitrogens is 1. The highest BCUT2D eigenvalue weighted by molar-refractivity contribution is 7.14. The number of aromatic amines is 1. The number of carbonyl (C=O) groups excluding carboxylic acids is 2. The SMILES string of the molecule is CC(=O)NCc1ccc(C(=O)Nc2ccc3[nH]nc(C(=O)O)c3c2)s1.